The Bertz CT molecular complexity index is 483. The minimum absolute atomic E-state index is 0.184. The molecule has 0 bridgehead atoms. The summed E-state index contributed by atoms with van der Waals surface area (Å²) in [6.45, 7) is 15.4. The minimum Gasteiger partial charge on any atom is -0.370 e. The van der Waals surface area contributed by atoms with Gasteiger partial charge in [-0.2, -0.15) is 0 Å². The highest BCUT2D eigenvalue weighted by atomic mass is 16.5. The highest BCUT2D eigenvalue weighted by Gasteiger charge is 2.39. The number of morpholine rings is 1. The average molecular weight is 292 g/mol. The van der Waals surface area contributed by atoms with Gasteiger partial charge in [-0.25, -0.2) is 9.97 Å². The van der Waals surface area contributed by atoms with Gasteiger partial charge in [0.15, 0.2) is 0 Å². The summed E-state index contributed by atoms with van der Waals surface area (Å²) < 4.78 is 6.15. The first-order valence-corrected chi connectivity index (χ1v) is 7.75. The predicted molar refractivity (Wildman–Crippen MR) is 87.0 cm³/mol. The summed E-state index contributed by atoms with van der Waals surface area (Å²) in [5, 5.41) is 3.37. The van der Waals surface area contributed by atoms with Gasteiger partial charge in [0.05, 0.1) is 11.2 Å². The molecular weight excluding hydrogens is 264 g/mol. The maximum atomic E-state index is 6.15. The molecule has 118 valence electrons. The molecule has 0 spiro atoms. The van der Waals surface area contributed by atoms with Gasteiger partial charge in [0, 0.05) is 25.2 Å². The molecule has 1 fully saturated rings. The van der Waals surface area contributed by atoms with Crippen LogP contribution >= 0.6 is 0 Å². The van der Waals surface area contributed by atoms with Crippen molar-refractivity contribution in [3.63, 3.8) is 0 Å². The Balaban J connectivity index is 2.28. The van der Waals surface area contributed by atoms with Crippen LogP contribution in [0.5, 0.6) is 0 Å². The highest BCUT2D eigenvalue weighted by Crippen LogP contribution is 2.32. The monoisotopic (exact) mass is 292 g/mol. The van der Waals surface area contributed by atoms with Crippen LogP contribution in [-0.2, 0) is 4.74 Å². The van der Waals surface area contributed by atoms with Gasteiger partial charge < -0.3 is 15.0 Å². The van der Waals surface area contributed by atoms with Gasteiger partial charge in [-0.3, -0.25) is 0 Å². The molecule has 1 aromatic heterocycles. The number of ether oxygens (including phenoxy) is 1. The zero-order chi connectivity index (χ0) is 15.7. The summed E-state index contributed by atoms with van der Waals surface area (Å²) in [5.41, 5.74) is 0.742. The van der Waals surface area contributed by atoms with Gasteiger partial charge in [-0.05, 0) is 41.0 Å². The van der Waals surface area contributed by atoms with E-state index >= 15 is 0 Å². The van der Waals surface area contributed by atoms with Crippen molar-refractivity contribution in [1.29, 1.82) is 0 Å². The first-order valence-electron chi connectivity index (χ1n) is 7.75. The molecule has 1 aromatic rings. The number of nitrogens with zero attached hydrogens (tertiary/aromatic N) is 3. The lowest BCUT2D eigenvalue weighted by atomic mass is 9.98. The second-order valence-corrected chi connectivity index (χ2v) is 7.08. The zero-order valence-corrected chi connectivity index (χ0v) is 14.2. The average Bonchev–Trinajstić information content (AvgIpc) is 2.33. The molecule has 1 aliphatic rings. The molecule has 5 nitrogen and oxygen atoms in total. The Morgan fingerprint density at radius 2 is 1.81 bits per heavy atom. The molecule has 0 atom stereocenters. The lowest BCUT2D eigenvalue weighted by Gasteiger charge is -2.47. The van der Waals surface area contributed by atoms with Crippen molar-refractivity contribution in [1.82, 2.24) is 9.97 Å². The van der Waals surface area contributed by atoms with Gasteiger partial charge >= 0.3 is 0 Å². The third-order valence-corrected chi connectivity index (χ3v) is 3.60. The van der Waals surface area contributed by atoms with E-state index in [0.29, 0.717) is 0 Å². The zero-order valence-electron chi connectivity index (χ0n) is 14.2. The van der Waals surface area contributed by atoms with Crippen LogP contribution in [0.3, 0.4) is 0 Å². The number of hydrogen-bond donors (Lipinski definition) is 1. The largest absolute Gasteiger partial charge is 0.370 e. The molecule has 0 radical (unpaired) electrons. The lowest BCUT2D eigenvalue weighted by Crippen LogP contribution is -2.57. The molecule has 1 N–H and O–H groups in total. The fraction of sp³-hybridized carbons (Fsp3) is 0.750. The van der Waals surface area contributed by atoms with Gasteiger partial charge in [0.25, 0.3) is 0 Å². The van der Waals surface area contributed by atoms with E-state index in [-0.39, 0.29) is 11.2 Å². The quantitative estimate of drug-likeness (QED) is 0.924. The third-order valence-electron chi connectivity index (χ3n) is 3.60. The fourth-order valence-electron chi connectivity index (χ4n) is 3.12. The van der Waals surface area contributed by atoms with E-state index in [0.717, 1.165) is 43.3 Å². The van der Waals surface area contributed by atoms with E-state index in [9.17, 15) is 0 Å². The predicted octanol–water partition coefficient (Wildman–Crippen LogP) is 3.00. The molecule has 5 heteroatoms. The van der Waals surface area contributed by atoms with E-state index in [1.54, 1.807) is 6.33 Å². The van der Waals surface area contributed by atoms with Crippen molar-refractivity contribution < 1.29 is 4.74 Å². The summed E-state index contributed by atoms with van der Waals surface area (Å²) in [4.78, 5) is 11.2. The summed E-state index contributed by atoms with van der Waals surface area (Å²) in [5.74, 6) is 1.94. The van der Waals surface area contributed by atoms with E-state index in [2.05, 4.69) is 61.7 Å². The Kier molecular flexibility index (Phi) is 4.42. The molecule has 2 heterocycles. The van der Waals surface area contributed by atoms with Crippen LogP contribution in [0.2, 0.25) is 0 Å². The van der Waals surface area contributed by atoms with E-state index in [4.69, 9.17) is 4.74 Å². The van der Waals surface area contributed by atoms with Crippen molar-refractivity contribution in [2.45, 2.75) is 59.2 Å². The van der Waals surface area contributed by atoms with Gasteiger partial charge in [0.1, 0.15) is 18.0 Å². The molecule has 0 aliphatic carbocycles. The van der Waals surface area contributed by atoms with Crippen molar-refractivity contribution in [3.8, 4) is 0 Å². The van der Waals surface area contributed by atoms with Crippen LogP contribution in [0, 0.1) is 6.92 Å². The summed E-state index contributed by atoms with van der Waals surface area (Å²) in [6.07, 6.45) is 2.73. The Morgan fingerprint density at radius 1 is 1.19 bits per heavy atom. The van der Waals surface area contributed by atoms with Crippen LogP contribution in [0.1, 0.15) is 46.6 Å². The first kappa shape index (κ1) is 16.0. The molecule has 1 aliphatic heterocycles. The Morgan fingerprint density at radius 3 is 2.38 bits per heavy atom. The lowest BCUT2D eigenvalue weighted by molar-refractivity contribution is -0.133. The van der Waals surface area contributed by atoms with Gasteiger partial charge in [-0.1, -0.05) is 6.92 Å². The molecule has 2 rings (SSSR count). The first-order chi connectivity index (χ1) is 9.74. The second-order valence-electron chi connectivity index (χ2n) is 7.08. The molecular formula is C16H28N4O. The smallest absolute Gasteiger partial charge is 0.137 e. The SMILES string of the molecule is CCCNc1ncnc(N2CC(C)(C)OC(C)(C)C2)c1C. The fourth-order valence-corrected chi connectivity index (χ4v) is 3.12. The number of nitrogens with one attached hydrogen (secondary N) is 1. The summed E-state index contributed by atoms with van der Waals surface area (Å²) in [7, 11) is 0. The Hall–Kier alpha value is -1.36. The van der Waals surface area contributed by atoms with Gasteiger partial charge in [-0.15, -0.1) is 0 Å². The molecule has 21 heavy (non-hydrogen) atoms. The molecule has 1 saturated heterocycles. The van der Waals surface area contributed by atoms with E-state index in [1.807, 2.05) is 0 Å². The molecule has 0 saturated carbocycles. The minimum atomic E-state index is -0.184. The number of aromatic nitrogens is 2. The maximum absolute atomic E-state index is 6.15. The summed E-state index contributed by atoms with van der Waals surface area (Å²) in [6, 6.07) is 0. The van der Waals surface area contributed by atoms with Crippen molar-refractivity contribution in [2.24, 2.45) is 0 Å². The topological polar surface area (TPSA) is 50.3 Å². The third kappa shape index (κ3) is 3.84. The molecule has 0 amide bonds. The highest BCUT2D eigenvalue weighted by molar-refractivity contribution is 5.58. The Labute approximate surface area is 128 Å². The number of rotatable bonds is 4. The van der Waals surface area contributed by atoms with Crippen molar-refractivity contribution in [3.05, 3.63) is 11.9 Å². The van der Waals surface area contributed by atoms with Crippen molar-refractivity contribution >= 4 is 11.6 Å². The van der Waals surface area contributed by atoms with Crippen LogP contribution in [0.25, 0.3) is 0 Å². The maximum Gasteiger partial charge on any atom is 0.137 e. The van der Waals surface area contributed by atoms with Gasteiger partial charge in [0.2, 0.25) is 0 Å². The van der Waals surface area contributed by atoms with Crippen LogP contribution in [0.4, 0.5) is 11.6 Å². The molecule has 0 aromatic carbocycles. The number of anilines is 2. The van der Waals surface area contributed by atoms with Crippen LogP contribution < -0.4 is 10.2 Å². The van der Waals surface area contributed by atoms with Crippen LogP contribution in [-0.4, -0.2) is 40.8 Å². The second kappa shape index (κ2) is 5.79. The van der Waals surface area contributed by atoms with Crippen LogP contribution in [0.15, 0.2) is 6.33 Å². The standard InChI is InChI=1S/C16H28N4O/c1-7-8-17-13-12(2)14(19-11-18-13)20-9-15(3,4)21-16(5,6)10-20/h11H,7-10H2,1-6H3,(H,17,18,19). The normalized spacial score (nSPS) is 20.4. The van der Waals surface area contributed by atoms with E-state index in [1.165, 1.54) is 0 Å². The summed E-state index contributed by atoms with van der Waals surface area (Å²) >= 11 is 0. The number of hydrogen-bond acceptors (Lipinski definition) is 5. The molecule has 0 unspecified atom stereocenters. The van der Waals surface area contributed by atoms with E-state index < -0.39 is 0 Å². The van der Waals surface area contributed by atoms with Crippen molar-refractivity contribution in [2.75, 3.05) is 29.9 Å².